The quantitative estimate of drug-likeness (QED) is 0.354. The van der Waals surface area contributed by atoms with Gasteiger partial charge in [-0.25, -0.2) is 0 Å². The lowest BCUT2D eigenvalue weighted by atomic mass is 10.1. The molecule has 4 heterocycles. The minimum Gasteiger partial charge on any atom is -0.144 e. The molecule has 4 aromatic heterocycles. The zero-order valence-electron chi connectivity index (χ0n) is 12.3. The highest BCUT2D eigenvalue weighted by molar-refractivity contribution is 7.22. The molecule has 0 saturated heterocycles. The molecule has 0 aliphatic heterocycles. The zero-order valence-corrected chi connectivity index (χ0v) is 15.5. The Bertz CT molecular complexity index is 903. The van der Waals surface area contributed by atoms with Gasteiger partial charge in [0.1, 0.15) is 0 Å². The maximum atomic E-state index is 2.28. The third kappa shape index (κ3) is 2.31. The lowest BCUT2D eigenvalue weighted by molar-refractivity contribution is 1.41. The van der Waals surface area contributed by atoms with E-state index in [4.69, 9.17) is 0 Å². The molecule has 0 spiro atoms. The van der Waals surface area contributed by atoms with Crippen LogP contribution in [0.4, 0.5) is 0 Å². The van der Waals surface area contributed by atoms with Gasteiger partial charge in [-0.05, 0) is 64.7 Å². The van der Waals surface area contributed by atoms with Gasteiger partial charge in [-0.2, -0.15) is 0 Å². The fourth-order valence-corrected chi connectivity index (χ4v) is 6.58. The highest BCUT2D eigenvalue weighted by atomic mass is 32.1. The van der Waals surface area contributed by atoms with Crippen LogP contribution in [-0.2, 0) is 0 Å². The summed E-state index contributed by atoms with van der Waals surface area (Å²) in [6.45, 7) is 4.43. The molecule has 0 aliphatic rings. The van der Waals surface area contributed by atoms with E-state index in [-0.39, 0.29) is 0 Å². The largest absolute Gasteiger partial charge is 0.144 e. The molecule has 0 bridgehead atoms. The maximum absolute atomic E-state index is 2.28. The van der Waals surface area contributed by atoms with Crippen LogP contribution in [0.3, 0.4) is 0 Å². The van der Waals surface area contributed by atoms with Crippen LogP contribution in [0.15, 0.2) is 45.8 Å². The van der Waals surface area contributed by atoms with Gasteiger partial charge in [0.2, 0.25) is 0 Å². The Morgan fingerprint density at radius 1 is 0.682 bits per heavy atom. The fourth-order valence-electron chi connectivity index (χ4n) is 2.53. The van der Waals surface area contributed by atoms with E-state index in [0.717, 1.165) is 0 Å². The van der Waals surface area contributed by atoms with Crippen molar-refractivity contribution in [2.45, 2.75) is 13.8 Å². The molecule has 4 aromatic rings. The second-order valence-electron chi connectivity index (χ2n) is 5.18. The monoisotopic (exact) mass is 358 g/mol. The van der Waals surface area contributed by atoms with Crippen molar-refractivity contribution in [3.8, 4) is 30.6 Å². The van der Waals surface area contributed by atoms with Crippen molar-refractivity contribution in [3.63, 3.8) is 0 Å². The summed E-state index contributed by atoms with van der Waals surface area (Å²) in [4.78, 5) is 5.58. The first-order chi connectivity index (χ1) is 10.8. The first kappa shape index (κ1) is 14.4. The number of hydrogen-bond donors (Lipinski definition) is 0. The first-order valence-electron chi connectivity index (χ1n) is 7.00. The van der Waals surface area contributed by atoms with E-state index in [1.54, 1.807) is 0 Å². The zero-order chi connectivity index (χ0) is 15.1. The Balaban J connectivity index is 1.88. The van der Waals surface area contributed by atoms with Gasteiger partial charge in [0.15, 0.2) is 0 Å². The molecule has 0 N–H and O–H groups in total. The summed E-state index contributed by atoms with van der Waals surface area (Å²) in [7, 11) is 0. The predicted octanol–water partition coefficient (Wildman–Crippen LogP) is 7.55. The molecule has 4 heteroatoms. The molecule has 0 fully saturated rings. The minimum atomic E-state index is 1.35. The summed E-state index contributed by atoms with van der Waals surface area (Å²) in [6, 6.07) is 8.86. The molecular weight excluding hydrogens is 344 g/mol. The molecule has 0 atom stereocenters. The molecule has 0 radical (unpaired) electrons. The van der Waals surface area contributed by atoms with Crippen LogP contribution in [-0.4, -0.2) is 0 Å². The first-order valence-corrected chi connectivity index (χ1v) is 10.5. The van der Waals surface area contributed by atoms with E-state index in [0.29, 0.717) is 0 Å². The Kier molecular flexibility index (Phi) is 3.78. The summed E-state index contributed by atoms with van der Waals surface area (Å²) in [5.41, 5.74) is 5.56. The summed E-state index contributed by atoms with van der Waals surface area (Å²) in [6.07, 6.45) is 0. The summed E-state index contributed by atoms with van der Waals surface area (Å²) in [5, 5.41) is 8.84. The highest BCUT2D eigenvalue weighted by Gasteiger charge is 2.18. The smallest absolute Gasteiger partial charge is 0.0532 e. The molecule has 0 unspecified atom stereocenters. The predicted molar refractivity (Wildman–Crippen MR) is 104 cm³/mol. The van der Waals surface area contributed by atoms with Gasteiger partial charge in [0.25, 0.3) is 0 Å². The number of hydrogen-bond acceptors (Lipinski definition) is 4. The molecule has 4 rings (SSSR count). The molecule has 0 nitrogen and oxygen atoms in total. The lowest BCUT2D eigenvalue weighted by Gasteiger charge is -2.05. The van der Waals surface area contributed by atoms with Crippen molar-refractivity contribution in [2.24, 2.45) is 0 Å². The van der Waals surface area contributed by atoms with Crippen molar-refractivity contribution < 1.29 is 0 Å². The van der Waals surface area contributed by atoms with E-state index in [2.05, 4.69) is 59.6 Å². The van der Waals surface area contributed by atoms with Crippen LogP contribution >= 0.6 is 45.3 Å². The number of rotatable bonds is 3. The van der Waals surface area contributed by atoms with Gasteiger partial charge in [-0.15, -0.1) is 45.3 Å². The van der Waals surface area contributed by atoms with Gasteiger partial charge in [-0.1, -0.05) is 6.07 Å². The van der Waals surface area contributed by atoms with Gasteiger partial charge < -0.3 is 0 Å². The third-order valence-corrected chi connectivity index (χ3v) is 7.98. The topological polar surface area (TPSA) is 0 Å². The van der Waals surface area contributed by atoms with Crippen LogP contribution in [0.25, 0.3) is 30.6 Å². The van der Waals surface area contributed by atoms with Gasteiger partial charge in [0, 0.05) is 25.8 Å². The molecule has 110 valence electrons. The standard InChI is InChI=1S/C18H14S4/c1-11-10-22-16(12(11)2)18-14(6-9-21-18)17-13(5-8-20-17)15-4-3-7-19-15/h3-10H,1-2H3. The van der Waals surface area contributed by atoms with E-state index < -0.39 is 0 Å². The number of aryl methyl sites for hydroxylation is 1. The van der Waals surface area contributed by atoms with Crippen molar-refractivity contribution >= 4 is 45.3 Å². The van der Waals surface area contributed by atoms with Crippen LogP contribution in [0.1, 0.15) is 11.1 Å². The average molecular weight is 359 g/mol. The highest BCUT2D eigenvalue weighted by Crippen LogP contribution is 2.47. The van der Waals surface area contributed by atoms with Crippen LogP contribution in [0, 0.1) is 13.8 Å². The SMILES string of the molecule is Cc1csc(-c2sccc2-c2sccc2-c2cccs2)c1C. The van der Waals surface area contributed by atoms with Gasteiger partial charge >= 0.3 is 0 Å². The van der Waals surface area contributed by atoms with Gasteiger partial charge in [0.05, 0.1) is 4.88 Å². The maximum Gasteiger partial charge on any atom is 0.0532 e. The van der Waals surface area contributed by atoms with Crippen molar-refractivity contribution in [3.05, 3.63) is 56.9 Å². The molecule has 0 aromatic carbocycles. The normalized spacial score (nSPS) is 11.2. The van der Waals surface area contributed by atoms with Crippen molar-refractivity contribution in [1.82, 2.24) is 0 Å². The Labute approximate surface area is 146 Å². The van der Waals surface area contributed by atoms with E-state index in [1.165, 1.54) is 41.8 Å². The average Bonchev–Trinajstić information content (AvgIpc) is 3.25. The second kappa shape index (κ2) is 5.78. The van der Waals surface area contributed by atoms with Crippen molar-refractivity contribution in [2.75, 3.05) is 0 Å². The summed E-state index contributed by atoms with van der Waals surface area (Å²) >= 11 is 7.38. The number of thiophene rings is 4. The third-order valence-electron chi connectivity index (χ3n) is 3.85. The Hall–Kier alpha value is -1.20. The van der Waals surface area contributed by atoms with Crippen LogP contribution < -0.4 is 0 Å². The second-order valence-corrected chi connectivity index (χ2v) is 8.84. The molecule has 0 amide bonds. The summed E-state index contributed by atoms with van der Waals surface area (Å²) in [5.74, 6) is 0. The van der Waals surface area contributed by atoms with E-state index in [9.17, 15) is 0 Å². The minimum absolute atomic E-state index is 1.35. The Morgan fingerprint density at radius 3 is 2.14 bits per heavy atom. The molecule has 0 saturated carbocycles. The molecular formula is C18H14S4. The van der Waals surface area contributed by atoms with E-state index >= 15 is 0 Å². The van der Waals surface area contributed by atoms with Crippen molar-refractivity contribution in [1.29, 1.82) is 0 Å². The van der Waals surface area contributed by atoms with E-state index in [1.807, 2.05) is 45.3 Å². The molecule has 0 aliphatic carbocycles. The lowest BCUT2D eigenvalue weighted by Crippen LogP contribution is -1.79. The van der Waals surface area contributed by atoms with Crippen LogP contribution in [0.5, 0.6) is 0 Å². The van der Waals surface area contributed by atoms with Crippen LogP contribution in [0.2, 0.25) is 0 Å². The molecule has 22 heavy (non-hydrogen) atoms. The fraction of sp³-hybridized carbons (Fsp3) is 0.111. The van der Waals surface area contributed by atoms with Gasteiger partial charge in [-0.3, -0.25) is 0 Å². The summed E-state index contributed by atoms with van der Waals surface area (Å²) < 4.78 is 0. The Morgan fingerprint density at radius 2 is 1.45 bits per heavy atom.